The van der Waals surface area contributed by atoms with Crippen molar-refractivity contribution in [2.45, 2.75) is 13.8 Å². The Morgan fingerprint density at radius 2 is 1.70 bits per heavy atom. The van der Waals surface area contributed by atoms with E-state index >= 15 is 0 Å². The third-order valence-electron chi connectivity index (χ3n) is 2.42. The van der Waals surface area contributed by atoms with E-state index in [0.717, 1.165) is 6.08 Å². The van der Waals surface area contributed by atoms with Crippen LogP contribution >= 0.6 is 7.60 Å². The maximum atomic E-state index is 12.8. The lowest BCUT2D eigenvalue weighted by Crippen LogP contribution is -2.02. The van der Waals surface area contributed by atoms with Gasteiger partial charge in [-0.1, -0.05) is 30.3 Å². The van der Waals surface area contributed by atoms with Crippen LogP contribution in [0.25, 0.3) is 5.31 Å². The van der Waals surface area contributed by atoms with Crippen molar-refractivity contribution in [3.63, 3.8) is 0 Å². The maximum Gasteiger partial charge on any atom is 0.362 e. The molecule has 1 aromatic carbocycles. The standard InChI is InChI=1S/C14H19O5P/c1-4-18-20(16,19-5-2)13(11-14(15)17-3)12-9-7-6-8-10-12/h6-11H,4-5H2,1-3H3/b13-11-. The minimum absolute atomic E-state index is 0.202. The van der Waals surface area contributed by atoms with Gasteiger partial charge >= 0.3 is 13.6 Å². The maximum absolute atomic E-state index is 12.8. The van der Waals surface area contributed by atoms with Crippen molar-refractivity contribution in [1.29, 1.82) is 0 Å². The third kappa shape index (κ3) is 4.30. The van der Waals surface area contributed by atoms with Crippen molar-refractivity contribution in [3.05, 3.63) is 42.0 Å². The van der Waals surface area contributed by atoms with E-state index in [-0.39, 0.29) is 18.5 Å². The van der Waals surface area contributed by atoms with Crippen LogP contribution in [0.1, 0.15) is 19.4 Å². The molecule has 0 atom stereocenters. The molecule has 0 spiro atoms. The Kier molecular flexibility index (Phi) is 6.65. The van der Waals surface area contributed by atoms with Gasteiger partial charge in [0.15, 0.2) is 0 Å². The quantitative estimate of drug-likeness (QED) is 0.438. The van der Waals surface area contributed by atoms with Crippen LogP contribution in [0.15, 0.2) is 36.4 Å². The van der Waals surface area contributed by atoms with Crippen molar-refractivity contribution >= 4 is 18.9 Å². The number of carbonyl (C=O) groups is 1. The van der Waals surface area contributed by atoms with Crippen molar-refractivity contribution in [1.82, 2.24) is 0 Å². The molecule has 0 saturated heterocycles. The highest BCUT2D eigenvalue weighted by Crippen LogP contribution is 2.60. The zero-order chi connectivity index (χ0) is 15.0. The van der Waals surface area contributed by atoms with E-state index in [1.54, 1.807) is 38.1 Å². The molecule has 0 fully saturated rings. The topological polar surface area (TPSA) is 61.8 Å². The van der Waals surface area contributed by atoms with Crippen molar-refractivity contribution in [2.75, 3.05) is 20.3 Å². The zero-order valence-corrected chi connectivity index (χ0v) is 12.8. The summed E-state index contributed by atoms with van der Waals surface area (Å²) in [5.41, 5.74) is 0.600. The molecule has 0 unspecified atom stereocenters. The molecule has 6 heteroatoms. The summed E-state index contributed by atoms with van der Waals surface area (Å²) in [6.45, 7) is 3.85. The number of methoxy groups -OCH3 is 1. The van der Waals surface area contributed by atoms with Gasteiger partial charge in [0.1, 0.15) is 0 Å². The number of benzene rings is 1. The van der Waals surface area contributed by atoms with Gasteiger partial charge in [0.25, 0.3) is 0 Å². The van der Waals surface area contributed by atoms with Gasteiger partial charge in [0.05, 0.1) is 25.6 Å². The molecule has 20 heavy (non-hydrogen) atoms. The molecule has 1 aromatic rings. The van der Waals surface area contributed by atoms with Crippen LogP contribution in [0.3, 0.4) is 0 Å². The molecular formula is C14H19O5P. The number of hydrogen-bond acceptors (Lipinski definition) is 5. The van der Waals surface area contributed by atoms with E-state index in [4.69, 9.17) is 9.05 Å². The van der Waals surface area contributed by atoms with Crippen LogP contribution < -0.4 is 0 Å². The molecule has 0 aromatic heterocycles. The second-order valence-electron chi connectivity index (χ2n) is 3.75. The van der Waals surface area contributed by atoms with Crippen LogP contribution in [0, 0.1) is 0 Å². The fourth-order valence-electron chi connectivity index (χ4n) is 1.62. The van der Waals surface area contributed by atoms with E-state index < -0.39 is 13.6 Å². The normalized spacial score (nSPS) is 12.2. The number of esters is 1. The Bertz CT molecular complexity index is 500. The number of ether oxygens (including phenoxy) is 1. The first-order valence-corrected chi connectivity index (χ1v) is 7.86. The van der Waals surface area contributed by atoms with Crippen LogP contribution in [0.2, 0.25) is 0 Å². The van der Waals surface area contributed by atoms with E-state index in [1.807, 2.05) is 6.07 Å². The summed E-state index contributed by atoms with van der Waals surface area (Å²) in [7, 11) is -2.30. The zero-order valence-electron chi connectivity index (χ0n) is 11.9. The Labute approximate surface area is 119 Å². The van der Waals surface area contributed by atoms with Gasteiger partial charge in [-0.3, -0.25) is 4.57 Å². The summed E-state index contributed by atoms with van der Waals surface area (Å²) in [6.07, 6.45) is 1.15. The lowest BCUT2D eigenvalue weighted by molar-refractivity contribution is -0.134. The van der Waals surface area contributed by atoms with Crippen LogP contribution in [0.4, 0.5) is 0 Å². The molecule has 0 aliphatic carbocycles. The van der Waals surface area contributed by atoms with Crippen LogP contribution in [-0.4, -0.2) is 26.3 Å². The molecule has 0 aliphatic rings. The highest BCUT2D eigenvalue weighted by Gasteiger charge is 2.31. The summed E-state index contributed by atoms with van der Waals surface area (Å²) < 4.78 is 28.0. The van der Waals surface area contributed by atoms with Crippen molar-refractivity contribution in [2.24, 2.45) is 0 Å². The van der Waals surface area contributed by atoms with Crippen LogP contribution in [-0.2, 0) is 23.1 Å². The lowest BCUT2D eigenvalue weighted by Gasteiger charge is -2.20. The van der Waals surface area contributed by atoms with Gasteiger partial charge in [-0.2, -0.15) is 0 Å². The number of carbonyl (C=O) groups excluding carboxylic acids is 1. The van der Waals surface area contributed by atoms with Gasteiger partial charge in [-0.15, -0.1) is 0 Å². The molecule has 110 valence electrons. The summed E-state index contributed by atoms with van der Waals surface area (Å²) >= 11 is 0. The number of hydrogen-bond donors (Lipinski definition) is 0. The predicted octanol–water partition coefficient (Wildman–Crippen LogP) is 3.47. The van der Waals surface area contributed by atoms with Gasteiger partial charge in [-0.05, 0) is 19.4 Å². The van der Waals surface area contributed by atoms with Gasteiger partial charge in [-0.25, -0.2) is 4.79 Å². The monoisotopic (exact) mass is 298 g/mol. The largest absolute Gasteiger partial charge is 0.466 e. The molecule has 0 saturated carbocycles. The highest BCUT2D eigenvalue weighted by molar-refractivity contribution is 7.65. The molecule has 0 heterocycles. The van der Waals surface area contributed by atoms with Crippen molar-refractivity contribution in [3.8, 4) is 0 Å². The van der Waals surface area contributed by atoms with E-state index in [1.165, 1.54) is 7.11 Å². The Morgan fingerprint density at radius 1 is 1.15 bits per heavy atom. The first-order chi connectivity index (χ1) is 9.57. The predicted molar refractivity (Wildman–Crippen MR) is 77.3 cm³/mol. The molecule has 0 aliphatic heterocycles. The lowest BCUT2D eigenvalue weighted by atomic mass is 10.2. The smallest absolute Gasteiger partial charge is 0.362 e. The molecule has 1 rings (SSSR count). The molecule has 0 amide bonds. The average Bonchev–Trinajstić information content (AvgIpc) is 2.45. The minimum atomic E-state index is -3.56. The van der Waals surface area contributed by atoms with Gasteiger partial charge < -0.3 is 13.8 Å². The fourth-order valence-corrected chi connectivity index (χ4v) is 3.38. The van der Waals surface area contributed by atoms with E-state index in [0.29, 0.717) is 5.56 Å². The number of rotatable bonds is 7. The Morgan fingerprint density at radius 3 is 2.15 bits per heavy atom. The van der Waals surface area contributed by atoms with E-state index in [2.05, 4.69) is 4.74 Å². The van der Waals surface area contributed by atoms with Gasteiger partial charge in [0, 0.05) is 6.08 Å². The van der Waals surface area contributed by atoms with Gasteiger partial charge in [0.2, 0.25) is 0 Å². The molecule has 0 N–H and O–H groups in total. The SMILES string of the molecule is CCOP(=O)(OCC)/C(=C\C(=O)OC)c1ccccc1. The van der Waals surface area contributed by atoms with E-state index in [9.17, 15) is 9.36 Å². The Hall–Kier alpha value is -1.42. The average molecular weight is 298 g/mol. The summed E-state index contributed by atoms with van der Waals surface area (Å²) in [5, 5.41) is 0.202. The molecule has 0 radical (unpaired) electrons. The Balaban J connectivity index is 3.33. The second-order valence-corrected chi connectivity index (χ2v) is 5.74. The summed E-state index contributed by atoms with van der Waals surface area (Å²) in [5.74, 6) is -0.608. The summed E-state index contributed by atoms with van der Waals surface area (Å²) in [4.78, 5) is 11.5. The minimum Gasteiger partial charge on any atom is -0.466 e. The van der Waals surface area contributed by atoms with Crippen LogP contribution in [0.5, 0.6) is 0 Å². The highest BCUT2D eigenvalue weighted by atomic mass is 31.2. The fraction of sp³-hybridized carbons (Fsp3) is 0.357. The van der Waals surface area contributed by atoms with Crippen molar-refractivity contribution < 1.29 is 23.1 Å². The summed E-state index contributed by atoms with van der Waals surface area (Å²) in [6, 6.07) is 8.86. The first-order valence-electron chi connectivity index (χ1n) is 6.32. The molecule has 5 nitrogen and oxygen atoms in total. The molecule has 0 bridgehead atoms. The molecular weight excluding hydrogens is 279 g/mol. The third-order valence-corrected chi connectivity index (χ3v) is 4.59. The second kappa shape index (κ2) is 8.00. The first kappa shape index (κ1) is 16.6.